The minimum absolute atomic E-state index is 0.0261. The van der Waals surface area contributed by atoms with E-state index in [1.807, 2.05) is 0 Å². The van der Waals surface area contributed by atoms with Gasteiger partial charge in [0, 0.05) is 18.4 Å². The monoisotopic (exact) mass is 348 g/mol. The maximum Gasteiger partial charge on any atom is 0.311 e. The third kappa shape index (κ3) is 1.83. The molecule has 2 heterocycles. The maximum atomic E-state index is 12.4. The zero-order valence-electron chi connectivity index (χ0n) is 16.0. The van der Waals surface area contributed by atoms with Gasteiger partial charge in [0.15, 0.2) is 6.29 Å². The van der Waals surface area contributed by atoms with Gasteiger partial charge in [-0.1, -0.05) is 27.2 Å². The lowest BCUT2D eigenvalue weighted by Gasteiger charge is -2.65. The predicted octanol–water partition coefficient (Wildman–Crippen LogP) is 4.13. The molecular weight excluding hydrogens is 316 g/mol. The van der Waals surface area contributed by atoms with Gasteiger partial charge in [0.1, 0.15) is 0 Å². The lowest BCUT2D eigenvalue weighted by atomic mass is 9.38. The average molecular weight is 348 g/mol. The first-order valence-corrected chi connectivity index (χ1v) is 10.2. The standard InChI is InChI=1S/C21H32O4/c1-19(2)9-5-10-20(3)13(19)8-11-21-14(20)7-6-12-15(21)17(24-16(12)22)25-18(21)23-4/h12-15,17-18H,5-11H2,1-4H3/t12?,13-,14?,15-,17?,18?,20-,21?/m0/s1. The van der Waals surface area contributed by atoms with E-state index >= 15 is 0 Å². The summed E-state index contributed by atoms with van der Waals surface area (Å²) < 4.78 is 17.7. The molecule has 2 aliphatic heterocycles. The van der Waals surface area contributed by atoms with E-state index in [1.165, 1.54) is 25.7 Å². The van der Waals surface area contributed by atoms with Crippen LogP contribution < -0.4 is 0 Å². The molecule has 3 saturated carbocycles. The van der Waals surface area contributed by atoms with Gasteiger partial charge in [-0.25, -0.2) is 0 Å². The molecule has 0 radical (unpaired) electrons. The Morgan fingerprint density at radius 2 is 1.84 bits per heavy atom. The van der Waals surface area contributed by atoms with E-state index < -0.39 is 0 Å². The van der Waals surface area contributed by atoms with Gasteiger partial charge in [-0.05, 0) is 61.2 Å². The summed E-state index contributed by atoms with van der Waals surface area (Å²) in [6.07, 6.45) is 7.81. The largest absolute Gasteiger partial charge is 0.435 e. The summed E-state index contributed by atoms with van der Waals surface area (Å²) >= 11 is 0. The molecule has 4 heteroatoms. The molecule has 140 valence electrons. The molecule has 0 aromatic heterocycles. The molecule has 0 amide bonds. The van der Waals surface area contributed by atoms with Crippen LogP contribution >= 0.6 is 0 Å². The SMILES string of the molecule is COC1OC2OC(=O)C3CCC4C1(CC[C@H]1C(C)(C)CCC[C@]41C)[C@H]23. The van der Waals surface area contributed by atoms with Crippen molar-refractivity contribution in [3.63, 3.8) is 0 Å². The van der Waals surface area contributed by atoms with Crippen LogP contribution in [0.1, 0.15) is 65.7 Å². The zero-order chi connectivity index (χ0) is 17.6. The Morgan fingerprint density at radius 1 is 1.04 bits per heavy atom. The summed E-state index contributed by atoms with van der Waals surface area (Å²) in [6, 6.07) is 0. The van der Waals surface area contributed by atoms with Crippen molar-refractivity contribution in [3.05, 3.63) is 0 Å². The van der Waals surface area contributed by atoms with Crippen LogP contribution in [0, 0.1) is 39.9 Å². The Balaban J connectivity index is 1.62. The number of ether oxygens (including phenoxy) is 3. The number of esters is 1. The topological polar surface area (TPSA) is 44.8 Å². The fourth-order valence-electron chi connectivity index (χ4n) is 8.44. The van der Waals surface area contributed by atoms with Crippen molar-refractivity contribution < 1.29 is 19.0 Å². The molecule has 4 nitrogen and oxygen atoms in total. The van der Waals surface area contributed by atoms with Gasteiger partial charge in [0.2, 0.25) is 6.29 Å². The third-order valence-electron chi connectivity index (χ3n) is 9.15. The second kappa shape index (κ2) is 5.01. The highest BCUT2D eigenvalue weighted by Gasteiger charge is 2.74. The van der Waals surface area contributed by atoms with Gasteiger partial charge in [0.05, 0.1) is 5.92 Å². The van der Waals surface area contributed by atoms with E-state index in [-0.39, 0.29) is 35.8 Å². The number of carbonyl (C=O) groups excluding carboxylic acids is 1. The summed E-state index contributed by atoms with van der Waals surface area (Å²) in [5, 5.41) is 0. The summed E-state index contributed by atoms with van der Waals surface area (Å²) in [5.41, 5.74) is 0.702. The van der Waals surface area contributed by atoms with Crippen LogP contribution in [0.15, 0.2) is 0 Å². The second-order valence-corrected chi connectivity index (χ2v) is 10.3. The Bertz CT molecular complexity index is 601. The van der Waals surface area contributed by atoms with E-state index in [2.05, 4.69) is 20.8 Å². The predicted molar refractivity (Wildman–Crippen MR) is 92.4 cm³/mol. The molecular formula is C21H32O4. The van der Waals surface area contributed by atoms with Gasteiger partial charge in [-0.3, -0.25) is 4.79 Å². The van der Waals surface area contributed by atoms with Gasteiger partial charge in [0.25, 0.3) is 0 Å². The van der Waals surface area contributed by atoms with Gasteiger partial charge in [-0.15, -0.1) is 0 Å². The van der Waals surface area contributed by atoms with Crippen LogP contribution in [-0.4, -0.2) is 25.7 Å². The van der Waals surface area contributed by atoms with Crippen LogP contribution in [0.2, 0.25) is 0 Å². The molecule has 25 heavy (non-hydrogen) atoms. The van der Waals surface area contributed by atoms with E-state index in [0.29, 0.717) is 16.7 Å². The lowest BCUT2D eigenvalue weighted by molar-refractivity contribution is -0.250. The number of rotatable bonds is 1. The van der Waals surface area contributed by atoms with Crippen LogP contribution in [0.25, 0.3) is 0 Å². The summed E-state index contributed by atoms with van der Waals surface area (Å²) in [7, 11) is 1.77. The highest BCUT2D eigenvalue weighted by molar-refractivity contribution is 5.75. The van der Waals surface area contributed by atoms with Crippen molar-refractivity contribution in [2.24, 2.45) is 39.9 Å². The van der Waals surface area contributed by atoms with E-state index in [9.17, 15) is 4.79 Å². The molecule has 0 bridgehead atoms. The van der Waals surface area contributed by atoms with Gasteiger partial charge >= 0.3 is 5.97 Å². The first-order valence-electron chi connectivity index (χ1n) is 10.2. The Labute approximate surface area is 151 Å². The molecule has 0 N–H and O–H groups in total. The van der Waals surface area contributed by atoms with Crippen LogP contribution in [0.5, 0.6) is 0 Å². The molecule has 0 aromatic carbocycles. The molecule has 2 saturated heterocycles. The number of fused-ring (bicyclic) bond motifs is 2. The van der Waals surface area contributed by atoms with Gasteiger partial charge < -0.3 is 14.2 Å². The maximum absolute atomic E-state index is 12.4. The van der Waals surface area contributed by atoms with E-state index in [4.69, 9.17) is 14.2 Å². The Morgan fingerprint density at radius 3 is 2.60 bits per heavy atom. The first kappa shape index (κ1) is 16.6. The fraction of sp³-hybridized carbons (Fsp3) is 0.952. The van der Waals surface area contributed by atoms with E-state index in [0.717, 1.165) is 25.2 Å². The number of hydrogen-bond acceptors (Lipinski definition) is 4. The molecule has 5 aliphatic rings. The van der Waals surface area contributed by atoms with E-state index in [1.54, 1.807) is 7.11 Å². The molecule has 5 rings (SSSR count). The third-order valence-corrected chi connectivity index (χ3v) is 9.15. The highest BCUT2D eigenvalue weighted by Crippen LogP contribution is 2.73. The second-order valence-electron chi connectivity index (χ2n) is 10.3. The number of hydrogen-bond donors (Lipinski definition) is 0. The van der Waals surface area contributed by atoms with Crippen molar-refractivity contribution in [3.8, 4) is 0 Å². The van der Waals surface area contributed by atoms with Crippen molar-refractivity contribution in [2.45, 2.75) is 78.3 Å². The summed E-state index contributed by atoms with van der Waals surface area (Å²) in [5.74, 6) is 1.53. The molecule has 0 aromatic rings. The lowest BCUT2D eigenvalue weighted by Crippen LogP contribution is -2.62. The van der Waals surface area contributed by atoms with Crippen LogP contribution in [0.4, 0.5) is 0 Å². The normalized spacial score (nSPS) is 55.9. The summed E-state index contributed by atoms with van der Waals surface area (Å²) in [6.45, 7) is 7.49. The van der Waals surface area contributed by atoms with Crippen molar-refractivity contribution >= 4 is 5.97 Å². The van der Waals surface area contributed by atoms with Gasteiger partial charge in [-0.2, -0.15) is 0 Å². The van der Waals surface area contributed by atoms with Crippen LogP contribution in [0.3, 0.4) is 0 Å². The minimum Gasteiger partial charge on any atom is -0.435 e. The number of methoxy groups -OCH3 is 1. The quantitative estimate of drug-likeness (QED) is 0.669. The first-order chi connectivity index (χ1) is 11.8. The molecule has 5 unspecified atom stereocenters. The molecule has 1 spiro atoms. The Hall–Kier alpha value is -0.610. The van der Waals surface area contributed by atoms with Crippen molar-refractivity contribution in [1.82, 2.24) is 0 Å². The summed E-state index contributed by atoms with van der Waals surface area (Å²) in [4.78, 5) is 12.4. The zero-order valence-corrected chi connectivity index (χ0v) is 16.0. The molecule has 3 aliphatic carbocycles. The smallest absolute Gasteiger partial charge is 0.311 e. The Kier molecular flexibility index (Phi) is 3.32. The van der Waals surface area contributed by atoms with Crippen molar-refractivity contribution in [1.29, 1.82) is 0 Å². The van der Waals surface area contributed by atoms with Crippen LogP contribution in [-0.2, 0) is 19.0 Å². The molecule has 5 fully saturated rings. The number of carbonyl (C=O) groups is 1. The average Bonchev–Trinajstić information content (AvgIpc) is 3.04. The fourth-order valence-corrected chi connectivity index (χ4v) is 8.44. The van der Waals surface area contributed by atoms with Crippen molar-refractivity contribution in [2.75, 3.05) is 7.11 Å². The highest BCUT2D eigenvalue weighted by atomic mass is 16.8. The molecule has 8 atom stereocenters. The minimum atomic E-state index is -0.373.